The quantitative estimate of drug-likeness (QED) is 0.412. The molecule has 0 atom stereocenters. The normalized spacial score (nSPS) is 15.0. The molecule has 1 saturated heterocycles. The van der Waals surface area contributed by atoms with Gasteiger partial charge in [-0.15, -0.1) is 0 Å². The Morgan fingerprint density at radius 1 is 1.14 bits per heavy atom. The molecule has 1 N–H and O–H groups in total. The largest absolute Gasteiger partial charge is 0.477 e. The van der Waals surface area contributed by atoms with Crippen LogP contribution in [0, 0.1) is 12.7 Å². The number of halogens is 1. The average molecular weight is 481 g/mol. The molecular formula is C26H29FN4O4. The zero-order valence-corrected chi connectivity index (χ0v) is 20.1. The minimum atomic E-state index is -1.32. The lowest BCUT2D eigenvalue weighted by Crippen LogP contribution is -2.48. The van der Waals surface area contributed by atoms with Gasteiger partial charge in [-0.2, -0.15) is 0 Å². The van der Waals surface area contributed by atoms with Crippen molar-refractivity contribution < 1.29 is 19.1 Å². The molecule has 3 aromatic rings. The zero-order chi connectivity index (χ0) is 25.1. The van der Waals surface area contributed by atoms with Crippen molar-refractivity contribution in [3.63, 3.8) is 0 Å². The predicted molar refractivity (Wildman–Crippen MR) is 134 cm³/mol. The molecular weight excluding hydrogens is 451 g/mol. The van der Waals surface area contributed by atoms with Crippen molar-refractivity contribution >= 4 is 28.3 Å². The fraction of sp³-hybridized carbons (Fsp3) is 0.346. The third kappa shape index (κ3) is 5.05. The van der Waals surface area contributed by atoms with Crippen molar-refractivity contribution in [1.29, 1.82) is 0 Å². The van der Waals surface area contributed by atoms with Gasteiger partial charge < -0.3 is 19.4 Å². The molecule has 1 aromatic heterocycles. The van der Waals surface area contributed by atoms with Crippen LogP contribution in [0.15, 0.2) is 52.5 Å². The van der Waals surface area contributed by atoms with Gasteiger partial charge in [0.2, 0.25) is 5.43 Å². The van der Waals surface area contributed by atoms with E-state index in [0.717, 1.165) is 11.3 Å². The SMILES string of the molecule is CCn1cc(C(=O)O)c(=O)c2cc(F)c(N3CCN(C/C(=N/OC)c4ccc(C)cc4)CC3)cc21. The molecule has 35 heavy (non-hydrogen) atoms. The van der Waals surface area contributed by atoms with Gasteiger partial charge in [0.15, 0.2) is 0 Å². The summed E-state index contributed by atoms with van der Waals surface area (Å²) in [5.74, 6) is -1.85. The molecule has 1 aliphatic rings. The van der Waals surface area contributed by atoms with Crippen molar-refractivity contribution in [2.45, 2.75) is 20.4 Å². The monoisotopic (exact) mass is 480 g/mol. The lowest BCUT2D eigenvalue weighted by molar-refractivity contribution is 0.0695. The second kappa shape index (κ2) is 10.3. The van der Waals surface area contributed by atoms with E-state index in [0.29, 0.717) is 50.5 Å². The molecule has 1 fully saturated rings. The maximum absolute atomic E-state index is 15.1. The van der Waals surface area contributed by atoms with Crippen LogP contribution in [0.4, 0.5) is 10.1 Å². The number of hydrogen-bond acceptors (Lipinski definition) is 6. The van der Waals surface area contributed by atoms with E-state index in [9.17, 15) is 14.7 Å². The molecule has 2 aromatic carbocycles. The number of carboxylic acid groups (broad SMARTS) is 1. The van der Waals surface area contributed by atoms with Crippen LogP contribution >= 0.6 is 0 Å². The molecule has 2 heterocycles. The second-order valence-electron chi connectivity index (χ2n) is 8.63. The fourth-order valence-corrected chi connectivity index (χ4v) is 4.44. The Kier molecular flexibility index (Phi) is 7.16. The third-order valence-electron chi connectivity index (χ3n) is 6.39. The first kappa shape index (κ1) is 24.4. The molecule has 0 bridgehead atoms. The first-order valence-corrected chi connectivity index (χ1v) is 11.6. The van der Waals surface area contributed by atoms with Gasteiger partial charge in [0.1, 0.15) is 24.2 Å². The Balaban J connectivity index is 1.55. The van der Waals surface area contributed by atoms with Crippen LogP contribution in [0.2, 0.25) is 0 Å². The van der Waals surface area contributed by atoms with Crippen molar-refractivity contribution in [3.8, 4) is 0 Å². The average Bonchev–Trinajstić information content (AvgIpc) is 2.85. The van der Waals surface area contributed by atoms with E-state index in [1.54, 1.807) is 10.6 Å². The summed E-state index contributed by atoms with van der Waals surface area (Å²) >= 11 is 0. The first-order valence-electron chi connectivity index (χ1n) is 11.6. The highest BCUT2D eigenvalue weighted by Gasteiger charge is 2.23. The van der Waals surface area contributed by atoms with Gasteiger partial charge in [0.25, 0.3) is 0 Å². The van der Waals surface area contributed by atoms with Crippen LogP contribution in [0.1, 0.15) is 28.4 Å². The van der Waals surface area contributed by atoms with Gasteiger partial charge >= 0.3 is 5.97 Å². The highest BCUT2D eigenvalue weighted by Crippen LogP contribution is 2.26. The van der Waals surface area contributed by atoms with Crippen LogP contribution in [0.25, 0.3) is 10.9 Å². The molecule has 0 aliphatic carbocycles. The fourth-order valence-electron chi connectivity index (χ4n) is 4.44. The number of piperazine rings is 1. The molecule has 8 nitrogen and oxygen atoms in total. The molecule has 4 rings (SSSR count). The molecule has 0 spiro atoms. The summed E-state index contributed by atoms with van der Waals surface area (Å²) in [5, 5.41) is 13.6. The summed E-state index contributed by atoms with van der Waals surface area (Å²) in [6, 6.07) is 10.9. The number of pyridine rings is 1. The van der Waals surface area contributed by atoms with E-state index in [4.69, 9.17) is 4.84 Å². The molecule has 0 radical (unpaired) electrons. The Bertz CT molecular complexity index is 1330. The molecule has 0 saturated carbocycles. The Hall–Kier alpha value is -3.72. The number of fused-ring (bicyclic) bond motifs is 1. The summed E-state index contributed by atoms with van der Waals surface area (Å²) in [6.07, 6.45) is 1.33. The summed E-state index contributed by atoms with van der Waals surface area (Å²) in [7, 11) is 1.53. The van der Waals surface area contributed by atoms with Gasteiger partial charge in [-0.1, -0.05) is 35.0 Å². The standard InChI is InChI=1S/C26H29FN4O4/c1-4-30-15-20(26(33)34)25(32)19-13-21(27)24(14-23(19)30)31-11-9-29(10-12-31)16-22(28-35-3)18-7-5-17(2)6-8-18/h5-8,13-15H,4,9-12,16H2,1-3H3,(H,33,34)/b28-22-. The lowest BCUT2D eigenvalue weighted by atomic mass is 10.1. The Morgan fingerprint density at radius 2 is 1.83 bits per heavy atom. The number of benzene rings is 2. The number of aromatic nitrogens is 1. The van der Waals surface area contributed by atoms with Gasteiger partial charge in [0.05, 0.1) is 11.2 Å². The smallest absolute Gasteiger partial charge is 0.341 e. The van der Waals surface area contributed by atoms with E-state index in [1.165, 1.54) is 24.9 Å². The maximum Gasteiger partial charge on any atom is 0.341 e. The van der Waals surface area contributed by atoms with Crippen LogP contribution in [-0.4, -0.2) is 66.1 Å². The Labute approximate surface area is 202 Å². The number of aryl methyl sites for hydroxylation is 2. The number of carbonyl (C=O) groups is 1. The predicted octanol–water partition coefficient (Wildman–Crippen LogP) is 3.34. The first-order chi connectivity index (χ1) is 16.8. The number of nitrogens with zero attached hydrogens (tertiary/aromatic N) is 4. The molecule has 0 amide bonds. The van der Waals surface area contributed by atoms with Crippen molar-refractivity contribution in [2.24, 2.45) is 5.16 Å². The van der Waals surface area contributed by atoms with E-state index >= 15 is 4.39 Å². The maximum atomic E-state index is 15.1. The van der Waals surface area contributed by atoms with E-state index in [1.807, 2.05) is 43.0 Å². The minimum absolute atomic E-state index is 0.0742. The van der Waals surface area contributed by atoms with Crippen LogP contribution < -0.4 is 10.3 Å². The van der Waals surface area contributed by atoms with Crippen LogP contribution in [-0.2, 0) is 11.4 Å². The van der Waals surface area contributed by atoms with E-state index in [2.05, 4.69) is 10.1 Å². The van der Waals surface area contributed by atoms with Gasteiger partial charge in [-0.05, 0) is 26.0 Å². The third-order valence-corrected chi connectivity index (χ3v) is 6.39. The number of aromatic carboxylic acids is 1. The van der Waals surface area contributed by atoms with Gasteiger partial charge in [-0.25, -0.2) is 9.18 Å². The van der Waals surface area contributed by atoms with Crippen LogP contribution in [0.3, 0.4) is 0 Å². The highest BCUT2D eigenvalue weighted by molar-refractivity contribution is 6.01. The van der Waals surface area contributed by atoms with Gasteiger partial charge in [0, 0.05) is 56.4 Å². The molecule has 1 aliphatic heterocycles. The number of rotatable bonds is 7. The summed E-state index contributed by atoms with van der Waals surface area (Å²) in [5.41, 5.74) is 2.90. The summed E-state index contributed by atoms with van der Waals surface area (Å²) in [6.45, 7) is 7.54. The number of anilines is 1. The topological polar surface area (TPSA) is 87.4 Å². The van der Waals surface area contributed by atoms with E-state index < -0.39 is 17.2 Å². The molecule has 184 valence electrons. The van der Waals surface area contributed by atoms with E-state index in [-0.39, 0.29) is 10.9 Å². The lowest BCUT2D eigenvalue weighted by Gasteiger charge is -2.36. The Morgan fingerprint density at radius 3 is 2.43 bits per heavy atom. The minimum Gasteiger partial charge on any atom is -0.477 e. The molecule has 0 unspecified atom stereocenters. The summed E-state index contributed by atoms with van der Waals surface area (Å²) < 4.78 is 16.8. The number of oxime groups is 1. The van der Waals surface area contributed by atoms with Gasteiger partial charge in [-0.3, -0.25) is 9.69 Å². The molecule has 9 heteroatoms. The van der Waals surface area contributed by atoms with Crippen LogP contribution in [0.5, 0.6) is 0 Å². The van der Waals surface area contributed by atoms with Crippen molar-refractivity contribution in [1.82, 2.24) is 9.47 Å². The van der Waals surface area contributed by atoms with Crippen molar-refractivity contribution in [2.75, 3.05) is 44.7 Å². The number of hydrogen-bond donors (Lipinski definition) is 1. The van der Waals surface area contributed by atoms with Crippen molar-refractivity contribution in [3.05, 3.63) is 75.3 Å². The second-order valence-corrected chi connectivity index (χ2v) is 8.63. The highest BCUT2D eigenvalue weighted by atomic mass is 19.1. The summed E-state index contributed by atoms with van der Waals surface area (Å²) in [4.78, 5) is 33.3. The number of carboxylic acids is 1. The zero-order valence-electron chi connectivity index (χ0n) is 20.1.